The Morgan fingerprint density at radius 3 is 2.68 bits per heavy atom. The van der Waals surface area contributed by atoms with Crippen molar-refractivity contribution in [2.75, 3.05) is 0 Å². The minimum Gasteiger partial charge on any atom is -0.225 e. The summed E-state index contributed by atoms with van der Waals surface area (Å²) in [7, 11) is 0. The number of halogens is 2. The van der Waals surface area contributed by atoms with E-state index >= 15 is 0 Å². The van der Waals surface area contributed by atoms with Gasteiger partial charge in [-0.2, -0.15) is 0 Å². The fourth-order valence-electron chi connectivity index (χ4n) is 2.82. The van der Waals surface area contributed by atoms with Gasteiger partial charge in [0.25, 0.3) is 5.65 Å². The van der Waals surface area contributed by atoms with Crippen molar-refractivity contribution in [3.63, 3.8) is 0 Å². The monoisotopic (exact) mass is 327 g/mol. The maximum atomic E-state index is 6.31. The summed E-state index contributed by atoms with van der Waals surface area (Å²) in [5, 5.41) is 3.80. The van der Waals surface area contributed by atoms with Crippen LogP contribution in [0.25, 0.3) is 16.4 Å². The van der Waals surface area contributed by atoms with Crippen molar-refractivity contribution < 1.29 is 4.57 Å². The van der Waals surface area contributed by atoms with Crippen LogP contribution in [0.5, 0.6) is 0 Å². The van der Waals surface area contributed by atoms with E-state index in [0.29, 0.717) is 16.6 Å². The van der Waals surface area contributed by atoms with Crippen LogP contribution in [0, 0.1) is 0 Å². The minimum absolute atomic E-state index is 0.658. The molecule has 0 unspecified atom stereocenters. The Balaban J connectivity index is 1.90. The highest BCUT2D eigenvalue weighted by Crippen LogP contribution is 2.22. The number of imidazole rings is 1. The van der Waals surface area contributed by atoms with Gasteiger partial charge in [-0.3, -0.25) is 0 Å². The molecule has 2 nitrogen and oxygen atoms in total. The average molecular weight is 328 g/mol. The van der Waals surface area contributed by atoms with Crippen molar-refractivity contribution in [1.82, 2.24) is 4.40 Å². The van der Waals surface area contributed by atoms with E-state index in [1.165, 1.54) is 10.8 Å². The molecular formula is C18H13Cl2N2+. The molecule has 22 heavy (non-hydrogen) atoms. The van der Waals surface area contributed by atoms with E-state index in [2.05, 4.69) is 57.9 Å². The molecule has 2 aromatic heterocycles. The summed E-state index contributed by atoms with van der Waals surface area (Å²) >= 11 is 12.3. The van der Waals surface area contributed by atoms with Crippen LogP contribution in [-0.2, 0) is 6.54 Å². The number of hydrogen-bond acceptors (Lipinski definition) is 0. The maximum absolute atomic E-state index is 6.31. The molecule has 0 saturated heterocycles. The number of hydrogen-bond donors (Lipinski definition) is 0. The smallest absolute Gasteiger partial charge is 0.225 e. The predicted molar refractivity (Wildman–Crippen MR) is 90.7 cm³/mol. The largest absolute Gasteiger partial charge is 0.294 e. The highest BCUT2D eigenvalue weighted by atomic mass is 35.5. The van der Waals surface area contributed by atoms with Crippen LogP contribution in [0.2, 0.25) is 10.0 Å². The zero-order chi connectivity index (χ0) is 15.1. The number of fused-ring (bicyclic) bond motifs is 3. The van der Waals surface area contributed by atoms with Gasteiger partial charge in [0.2, 0.25) is 0 Å². The van der Waals surface area contributed by atoms with Crippen LogP contribution in [0.3, 0.4) is 0 Å². The summed E-state index contributed by atoms with van der Waals surface area (Å²) in [6, 6.07) is 16.2. The van der Waals surface area contributed by atoms with Crippen LogP contribution < -0.4 is 4.57 Å². The van der Waals surface area contributed by atoms with Gasteiger partial charge < -0.3 is 0 Å². The van der Waals surface area contributed by atoms with Gasteiger partial charge in [-0.1, -0.05) is 47.5 Å². The van der Waals surface area contributed by atoms with Crippen molar-refractivity contribution in [1.29, 1.82) is 0 Å². The molecule has 0 N–H and O–H groups in total. The molecule has 0 saturated carbocycles. The number of rotatable bonds is 2. The van der Waals surface area contributed by atoms with Crippen LogP contribution in [-0.4, -0.2) is 4.40 Å². The molecule has 0 bridgehead atoms. The number of aromatic nitrogens is 2. The van der Waals surface area contributed by atoms with Crippen molar-refractivity contribution in [2.24, 2.45) is 0 Å². The van der Waals surface area contributed by atoms with E-state index < -0.39 is 0 Å². The van der Waals surface area contributed by atoms with Gasteiger partial charge >= 0.3 is 0 Å². The maximum Gasteiger partial charge on any atom is 0.294 e. The molecule has 4 rings (SSSR count). The fourth-order valence-corrected chi connectivity index (χ4v) is 3.29. The molecule has 4 heteroatoms. The first kappa shape index (κ1) is 13.6. The lowest BCUT2D eigenvalue weighted by molar-refractivity contribution is -0.661. The molecule has 0 atom stereocenters. The second-order valence-corrected chi connectivity index (χ2v) is 6.14. The van der Waals surface area contributed by atoms with E-state index in [0.717, 1.165) is 11.2 Å². The van der Waals surface area contributed by atoms with Crippen molar-refractivity contribution in [3.05, 3.63) is 82.7 Å². The molecule has 0 fully saturated rings. The Hall–Kier alpha value is -2.03. The van der Waals surface area contributed by atoms with Crippen molar-refractivity contribution >= 4 is 39.6 Å². The third kappa shape index (κ3) is 2.25. The highest BCUT2D eigenvalue weighted by Gasteiger charge is 2.15. The van der Waals surface area contributed by atoms with Gasteiger partial charge in [0.05, 0.1) is 11.6 Å². The first-order valence-corrected chi connectivity index (χ1v) is 7.80. The zero-order valence-electron chi connectivity index (χ0n) is 11.7. The van der Waals surface area contributed by atoms with E-state index in [1.54, 1.807) is 6.07 Å². The summed E-state index contributed by atoms with van der Waals surface area (Å²) in [6.07, 6.45) is 6.22. The Bertz CT molecular complexity index is 989. The lowest BCUT2D eigenvalue weighted by Crippen LogP contribution is -2.33. The van der Waals surface area contributed by atoms with Gasteiger partial charge in [-0.25, -0.2) is 8.97 Å². The van der Waals surface area contributed by atoms with Gasteiger partial charge in [-0.15, -0.1) is 0 Å². The quantitative estimate of drug-likeness (QED) is 0.470. The Morgan fingerprint density at radius 2 is 1.82 bits per heavy atom. The van der Waals surface area contributed by atoms with Crippen LogP contribution in [0.1, 0.15) is 5.56 Å². The van der Waals surface area contributed by atoms with Crippen LogP contribution in [0.4, 0.5) is 0 Å². The summed E-state index contributed by atoms with van der Waals surface area (Å²) in [5.74, 6) is 0. The molecule has 0 spiro atoms. The molecule has 2 heterocycles. The Labute approximate surface area is 138 Å². The SMILES string of the molecule is Clc1ccc(C[n+]2ccn3ccc4ccccc4c32)c(Cl)c1. The van der Waals surface area contributed by atoms with E-state index in [1.807, 2.05) is 12.1 Å². The minimum atomic E-state index is 0.658. The Kier molecular flexibility index (Phi) is 3.29. The normalized spacial score (nSPS) is 11.4. The van der Waals surface area contributed by atoms with Gasteiger partial charge in [0.15, 0.2) is 0 Å². The topological polar surface area (TPSA) is 8.29 Å². The predicted octanol–water partition coefficient (Wildman–Crippen LogP) is 4.74. The molecule has 0 radical (unpaired) electrons. The van der Waals surface area contributed by atoms with Gasteiger partial charge in [0, 0.05) is 15.6 Å². The molecule has 108 valence electrons. The zero-order valence-corrected chi connectivity index (χ0v) is 13.2. The lowest BCUT2D eigenvalue weighted by atomic mass is 10.1. The van der Waals surface area contributed by atoms with E-state index in [-0.39, 0.29) is 0 Å². The van der Waals surface area contributed by atoms with Crippen LogP contribution >= 0.6 is 23.2 Å². The summed E-state index contributed by atoms with van der Waals surface area (Å²) in [5.41, 5.74) is 2.21. The number of pyridine rings is 1. The van der Waals surface area contributed by atoms with E-state index in [9.17, 15) is 0 Å². The molecule has 0 aliphatic rings. The molecule has 0 amide bonds. The molecular weight excluding hydrogens is 315 g/mol. The summed E-state index contributed by atoms with van der Waals surface area (Å²) < 4.78 is 4.34. The second kappa shape index (κ2) is 5.31. The third-order valence-corrected chi connectivity index (χ3v) is 4.48. The number of nitrogens with zero attached hydrogens (tertiary/aromatic N) is 2. The average Bonchev–Trinajstić information content (AvgIpc) is 2.93. The molecule has 4 aromatic rings. The Morgan fingerprint density at radius 1 is 0.955 bits per heavy atom. The number of benzene rings is 2. The van der Waals surface area contributed by atoms with Gasteiger partial charge in [0.1, 0.15) is 18.9 Å². The first-order chi connectivity index (χ1) is 10.7. The third-order valence-electron chi connectivity index (χ3n) is 3.90. The standard InChI is InChI=1S/C18H13Cl2N2/c19-15-6-5-14(17(20)11-15)12-22-10-9-21-8-7-13-3-1-2-4-16(13)18(21)22/h1-11H,12H2/q+1. The highest BCUT2D eigenvalue weighted by molar-refractivity contribution is 6.35. The lowest BCUT2D eigenvalue weighted by Gasteiger charge is -2.04. The van der Waals surface area contributed by atoms with Gasteiger partial charge in [-0.05, 0) is 29.7 Å². The molecule has 0 aliphatic carbocycles. The first-order valence-electron chi connectivity index (χ1n) is 7.04. The van der Waals surface area contributed by atoms with Crippen molar-refractivity contribution in [3.8, 4) is 0 Å². The van der Waals surface area contributed by atoms with Crippen LogP contribution in [0.15, 0.2) is 67.1 Å². The van der Waals surface area contributed by atoms with E-state index in [4.69, 9.17) is 23.2 Å². The molecule has 2 aromatic carbocycles. The summed E-state index contributed by atoms with van der Waals surface area (Å²) in [6.45, 7) is 0.709. The molecule has 0 aliphatic heterocycles. The van der Waals surface area contributed by atoms with Crippen molar-refractivity contribution in [2.45, 2.75) is 6.54 Å². The second-order valence-electron chi connectivity index (χ2n) is 5.30. The fraction of sp³-hybridized carbons (Fsp3) is 0.0556. The summed E-state index contributed by atoms with van der Waals surface area (Å²) in [4.78, 5) is 0.